The number of rotatable bonds is 7. The Morgan fingerprint density at radius 1 is 0.950 bits per heavy atom. The van der Waals surface area contributed by atoms with Gasteiger partial charge in [-0.2, -0.15) is 13.2 Å². The van der Waals surface area contributed by atoms with Crippen LogP contribution in [0.1, 0.15) is 23.2 Å². The number of nitrogens with zero attached hydrogens (tertiary/aromatic N) is 2. The second-order valence-electron chi connectivity index (χ2n) is 8.89. The Morgan fingerprint density at radius 3 is 2.10 bits per heavy atom. The van der Waals surface area contributed by atoms with Crippen LogP contribution in [0.5, 0.6) is 11.5 Å². The first-order valence-electron chi connectivity index (χ1n) is 12.3. The van der Waals surface area contributed by atoms with Crippen molar-refractivity contribution in [2.75, 3.05) is 63.1 Å². The fourth-order valence-corrected chi connectivity index (χ4v) is 5.30. The van der Waals surface area contributed by atoms with Gasteiger partial charge in [-0.3, -0.25) is 9.52 Å². The number of carbonyl (C=O) groups is 2. The molecule has 0 spiro atoms. The van der Waals surface area contributed by atoms with Gasteiger partial charge in [-0.25, -0.2) is 13.2 Å². The van der Waals surface area contributed by atoms with E-state index in [1.807, 2.05) is 11.0 Å². The SMILES string of the molecule is COc1ccc(S(=O)(=O)Nc2cc(C(=O)N3CCCC3)ccc2N2CCNCC2)cc1OC.O=C(O)C(F)(F)F. The minimum absolute atomic E-state index is 0.0442. The molecule has 0 radical (unpaired) electrons. The number of piperazine rings is 1. The van der Waals surface area contributed by atoms with E-state index in [-0.39, 0.29) is 10.8 Å². The third-order valence-electron chi connectivity index (χ3n) is 6.25. The van der Waals surface area contributed by atoms with Crippen LogP contribution in [0.4, 0.5) is 24.5 Å². The van der Waals surface area contributed by atoms with Crippen LogP contribution in [0.2, 0.25) is 0 Å². The largest absolute Gasteiger partial charge is 0.493 e. The summed E-state index contributed by atoms with van der Waals surface area (Å²) in [5.74, 6) is -2.07. The van der Waals surface area contributed by atoms with E-state index in [1.165, 1.54) is 26.4 Å². The van der Waals surface area contributed by atoms with Crippen molar-refractivity contribution >= 4 is 33.3 Å². The molecule has 3 N–H and O–H groups in total. The van der Waals surface area contributed by atoms with E-state index in [2.05, 4.69) is 14.9 Å². The summed E-state index contributed by atoms with van der Waals surface area (Å²) < 4.78 is 71.6. The molecule has 2 aliphatic heterocycles. The van der Waals surface area contributed by atoms with Crippen molar-refractivity contribution in [2.24, 2.45) is 0 Å². The molecule has 2 heterocycles. The molecule has 0 aromatic heterocycles. The Kier molecular flexibility index (Phi) is 10.1. The standard InChI is InChI=1S/C23H30N4O5S.C2HF3O2/c1-31-21-8-6-18(16-22(21)32-2)33(29,30)25-19-15-17(23(28)27-11-3-4-12-27)5-7-20(19)26-13-9-24-10-14-26;3-2(4,5)1(6)7/h5-8,15-16,24-25H,3-4,9-14H2,1-2H3;(H,6,7). The molecule has 2 aromatic carbocycles. The number of ether oxygens (including phenoxy) is 2. The molecule has 2 aromatic rings. The Bertz CT molecular complexity index is 1310. The Morgan fingerprint density at radius 2 is 1.55 bits per heavy atom. The average Bonchev–Trinajstić information content (AvgIpc) is 3.47. The van der Waals surface area contributed by atoms with Crippen LogP contribution in [-0.2, 0) is 14.8 Å². The van der Waals surface area contributed by atoms with Crippen molar-refractivity contribution in [3.05, 3.63) is 42.0 Å². The lowest BCUT2D eigenvalue weighted by Gasteiger charge is -2.31. The molecule has 2 fully saturated rings. The lowest BCUT2D eigenvalue weighted by Crippen LogP contribution is -2.43. The summed E-state index contributed by atoms with van der Waals surface area (Å²) in [6.45, 7) is 4.54. The maximum atomic E-state index is 13.3. The summed E-state index contributed by atoms with van der Waals surface area (Å²) in [7, 11) is -0.997. The lowest BCUT2D eigenvalue weighted by atomic mass is 10.1. The predicted octanol–water partition coefficient (Wildman–Crippen LogP) is 2.78. The zero-order valence-electron chi connectivity index (χ0n) is 22.0. The first kappa shape index (κ1) is 30.8. The van der Waals surface area contributed by atoms with Crippen LogP contribution in [0.3, 0.4) is 0 Å². The van der Waals surface area contributed by atoms with Crippen molar-refractivity contribution in [3.63, 3.8) is 0 Å². The van der Waals surface area contributed by atoms with Gasteiger partial charge in [0, 0.05) is 50.9 Å². The molecule has 11 nitrogen and oxygen atoms in total. The van der Waals surface area contributed by atoms with Crippen LogP contribution < -0.4 is 24.4 Å². The fourth-order valence-electron chi connectivity index (χ4n) is 4.22. The minimum Gasteiger partial charge on any atom is -0.493 e. The lowest BCUT2D eigenvalue weighted by molar-refractivity contribution is -0.192. The number of carboxylic acids is 1. The Labute approximate surface area is 229 Å². The molecular weight excluding hydrogens is 557 g/mol. The topological polar surface area (TPSA) is 138 Å². The summed E-state index contributed by atoms with van der Waals surface area (Å²) in [6, 6.07) is 9.71. The van der Waals surface area contributed by atoms with Crippen molar-refractivity contribution < 1.29 is 45.8 Å². The molecule has 0 unspecified atom stereocenters. The second kappa shape index (κ2) is 13.1. The van der Waals surface area contributed by atoms with Gasteiger partial charge in [-0.15, -0.1) is 0 Å². The normalized spacial score (nSPS) is 15.6. The highest BCUT2D eigenvalue weighted by Gasteiger charge is 2.38. The number of carboxylic acid groups (broad SMARTS) is 1. The molecule has 0 aliphatic carbocycles. The number of amides is 1. The summed E-state index contributed by atoms with van der Waals surface area (Å²) in [4.78, 5) is 25.8. The molecule has 2 aliphatic rings. The summed E-state index contributed by atoms with van der Waals surface area (Å²) in [5, 5.41) is 10.4. The van der Waals surface area contributed by atoms with Gasteiger partial charge in [-0.1, -0.05) is 0 Å². The van der Waals surface area contributed by atoms with Gasteiger partial charge in [0.1, 0.15) is 0 Å². The van der Waals surface area contributed by atoms with Crippen LogP contribution in [0.15, 0.2) is 41.3 Å². The number of aliphatic carboxylic acids is 1. The first-order valence-corrected chi connectivity index (χ1v) is 13.8. The average molecular weight is 589 g/mol. The fraction of sp³-hybridized carbons (Fsp3) is 0.440. The Balaban J connectivity index is 0.000000559. The number of benzene rings is 2. The highest BCUT2D eigenvalue weighted by molar-refractivity contribution is 7.92. The van der Waals surface area contributed by atoms with E-state index >= 15 is 0 Å². The number of nitrogens with one attached hydrogen (secondary N) is 2. The minimum atomic E-state index is -5.08. The van der Waals surface area contributed by atoms with Crippen molar-refractivity contribution in [1.82, 2.24) is 10.2 Å². The van der Waals surface area contributed by atoms with Crippen LogP contribution in [0.25, 0.3) is 0 Å². The maximum Gasteiger partial charge on any atom is 0.490 e. The number of likely N-dealkylation sites (tertiary alicyclic amines) is 1. The second-order valence-corrected chi connectivity index (χ2v) is 10.6. The van der Waals surface area contributed by atoms with Crippen molar-refractivity contribution in [1.29, 1.82) is 0 Å². The molecule has 220 valence electrons. The maximum absolute atomic E-state index is 13.3. The van der Waals surface area contributed by atoms with E-state index < -0.39 is 22.2 Å². The summed E-state index contributed by atoms with van der Waals surface area (Å²) >= 11 is 0. The molecule has 40 heavy (non-hydrogen) atoms. The zero-order valence-corrected chi connectivity index (χ0v) is 22.8. The highest BCUT2D eigenvalue weighted by Crippen LogP contribution is 2.33. The molecule has 0 saturated carbocycles. The molecule has 1 amide bonds. The van der Waals surface area contributed by atoms with Gasteiger partial charge in [0.05, 0.1) is 30.5 Å². The molecule has 4 rings (SSSR count). The Hall–Kier alpha value is -3.72. The van der Waals surface area contributed by atoms with Gasteiger partial charge in [0.2, 0.25) is 0 Å². The van der Waals surface area contributed by atoms with E-state index in [1.54, 1.807) is 18.2 Å². The smallest absolute Gasteiger partial charge is 0.490 e. The number of alkyl halides is 3. The van der Waals surface area contributed by atoms with Crippen LogP contribution in [0, 0.1) is 0 Å². The molecule has 15 heteroatoms. The number of carbonyl (C=O) groups excluding carboxylic acids is 1. The number of sulfonamides is 1. The van der Waals surface area contributed by atoms with Gasteiger partial charge in [-0.05, 0) is 43.2 Å². The van der Waals surface area contributed by atoms with Crippen molar-refractivity contribution in [3.8, 4) is 11.5 Å². The van der Waals surface area contributed by atoms with E-state index in [0.717, 1.165) is 57.8 Å². The quantitative estimate of drug-likeness (QED) is 0.446. The number of anilines is 2. The molecule has 2 saturated heterocycles. The molecular formula is C25H31F3N4O7S. The number of methoxy groups -OCH3 is 2. The predicted molar refractivity (Wildman–Crippen MR) is 141 cm³/mol. The third kappa shape index (κ3) is 7.69. The number of halogens is 3. The van der Waals surface area contributed by atoms with Gasteiger partial charge < -0.3 is 29.7 Å². The summed E-state index contributed by atoms with van der Waals surface area (Å²) in [5.41, 5.74) is 1.61. The number of hydrogen-bond donors (Lipinski definition) is 3. The van der Waals surface area contributed by atoms with E-state index in [4.69, 9.17) is 19.4 Å². The highest BCUT2D eigenvalue weighted by atomic mass is 32.2. The number of hydrogen-bond acceptors (Lipinski definition) is 8. The third-order valence-corrected chi connectivity index (χ3v) is 7.61. The molecule has 0 atom stereocenters. The van der Waals surface area contributed by atoms with Gasteiger partial charge in [0.15, 0.2) is 11.5 Å². The van der Waals surface area contributed by atoms with Crippen LogP contribution >= 0.6 is 0 Å². The van der Waals surface area contributed by atoms with Crippen molar-refractivity contribution in [2.45, 2.75) is 23.9 Å². The molecule has 0 bridgehead atoms. The zero-order chi connectivity index (χ0) is 29.5. The first-order chi connectivity index (χ1) is 18.9. The monoisotopic (exact) mass is 588 g/mol. The summed E-state index contributed by atoms with van der Waals surface area (Å²) in [6.07, 6.45) is -3.10. The van der Waals surface area contributed by atoms with E-state index in [0.29, 0.717) is 22.7 Å². The van der Waals surface area contributed by atoms with E-state index in [9.17, 15) is 26.4 Å². The van der Waals surface area contributed by atoms with Gasteiger partial charge in [0.25, 0.3) is 15.9 Å². The van der Waals surface area contributed by atoms with Gasteiger partial charge >= 0.3 is 12.1 Å². The van der Waals surface area contributed by atoms with Crippen LogP contribution in [-0.4, -0.2) is 90.0 Å².